The van der Waals surface area contributed by atoms with Gasteiger partial charge < -0.3 is 9.80 Å². The van der Waals surface area contributed by atoms with Crippen molar-refractivity contribution >= 4 is 23.5 Å². The molecule has 0 aromatic heterocycles. The number of fused-ring (bicyclic) bond motifs is 1. The van der Waals surface area contributed by atoms with E-state index in [1.54, 1.807) is 0 Å². The SMILES string of the molecule is C1=Cc2ccccc21.CN(C)c1ccc(Cc2ccc(N(C)C)cc2)cc1. The minimum Gasteiger partial charge on any atom is -0.378 e. The van der Waals surface area contributed by atoms with Crippen LogP contribution in [0.4, 0.5) is 11.4 Å². The van der Waals surface area contributed by atoms with Crippen LogP contribution in [0.25, 0.3) is 12.2 Å². The van der Waals surface area contributed by atoms with E-state index in [1.807, 2.05) is 0 Å². The molecule has 2 nitrogen and oxygen atoms in total. The van der Waals surface area contributed by atoms with E-state index in [9.17, 15) is 0 Å². The van der Waals surface area contributed by atoms with E-state index in [4.69, 9.17) is 0 Å². The molecule has 4 rings (SSSR count). The van der Waals surface area contributed by atoms with Crippen molar-refractivity contribution in [3.8, 4) is 0 Å². The molecule has 1 aliphatic carbocycles. The van der Waals surface area contributed by atoms with Crippen molar-refractivity contribution in [2.45, 2.75) is 6.42 Å². The Morgan fingerprint density at radius 3 is 1.15 bits per heavy atom. The van der Waals surface area contributed by atoms with Crippen molar-refractivity contribution in [1.29, 1.82) is 0 Å². The highest BCUT2D eigenvalue weighted by Gasteiger charge is 2.01. The molecular weight excluding hydrogens is 328 g/mol. The Kier molecular flexibility index (Phi) is 5.97. The van der Waals surface area contributed by atoms with Gasteiger partial charge in [-0.2, -0.15) is 0 Å². The van der Waals surface area contributed by atoms with E-state index in [0.29, 0.717) is 0 Å². The van der Waals surface area contributed by atoms with E-state index in [1.165, 1.54) is 33.6 Å². The summed E-state index contributed by atoms with van der Waals surface area (Å²) in [5.41, 5.74) is 7.92. The molecule has 0 radical (unpaired) electrons. The van der Waals surface area contributed by atoms with Crippen molar-refractivity contribution in [2.24, 2.45) is 0 Å². The molecule has 0 aliphatic heterocycles. The number of nitrogens with zero attached hydrogens (tertiary/aromatic N) is 2. The third kappa shape index (κ3) is 5.01. The first-order valence-electron chi connectivity index (χ1n) is 9.32. The van der Waals surface area contributed by atoms with Gasteiger partial charge in [-0.1, -0.05) is 60.7 Å². The molecule has 0 heterocycles. The molecule has 3 aromatic carbocycles. The number of hydrogen-bond acceptors (Lipinski definition) is 2. The van der Waals surface area contributed by atoms with Crippen molar-refractivity contribution in [2.75, 3.05) is 38.0 Å². The van der Waals surface area contributed by atoms with E-state index in [0.717, 1.165) is 6.42 Å². The van der Waals surface area contributed by atoms with Gasteiger partial charge in [0, 0.05) is 39.6 Å². The van der Waals surface area contributed by atoms with E-state index >= 15 is 0 Å². The molecule has 27 heavy (non-hydrogen) atoms. The maximum Gasteiger partial charge on any atom is 0.0361 e. The topological polar surface area (TPSA) is 6.48 Å². The molecular formula is C25H28N2. The zero-order valence-electron chi connectivity index (χ0n) is 16.7. The lowest BCUT2D eigenvalue weighted by atomic mass is 9.99. The Morgan fingerprint density at radius 1 is 0.519 bits per heavy atom. The van der Waals surface area contributed by atoms with Crippen molar-refractivity contribution in [1.82, 2.24) is 0 Å². The Labute approximate surface area is 163 Å². The van der Waals surface area contributed by atoms with Crippen LogP contribution < -0.4 is 9.80 Å². The first-order valence-corrected chi connectivity index (χ1v) is 9.32. The van der Waals surface area contributed by atoms with Crippen LogP contribution in [0.5, 0.6) is 0 Å². The molecule has 0 N–H and O–H groups in total. The predicted molar refractivity (Wildman–Crippen MR) is 120 cm³/mol. The van der Waals surface area contributed by atoms with Gasteiger partial charge in [0.2, 0.25) is 0 Å². The molecule has 0 saturated heterocycles. The molecule has 0 fully saturated rings. The van der Waals surface area contributed by atoms with Crippen LogP contribution in [0.15, 0.2) is 72.8 Å². The molecule has 1 aliphatic rings. The zero-order chi connectivity index (χ0) is 19.2. The number of rotatable bonds is 4. The second kappa shape index (κ2) is 8.59. The highest BCUT2D eigenvalue weighted by atomic mass is 15.1. The lowest BCUT2D eigenvalue weighted by Crippen LogP contribution is -2.08. The minimum absolute atomic E-state index is 0.988. The van der Waals surface area contributed by atoms with Crippen LogP contribution >= 0.6 is 0 Å². The summed E-state index contributed by atoms with van der Waals surface area (Å²) in [5.74, 6) is 0. The normalized spacial score (nSPS) is 11.0. The van der Waals surface area contributed by atoms with E-state index < -0.39 is 0 Å². The van der Waals surface area contributed by atoms with E-state index in [-0.39, 0.29) is 0 Å². The summed E-state index contributed by atoms with van der Waals surface area (Å²) in [6.07, 6.45) is 5.23. The van der Waals surface area contributed by atoms with Crippen molar-refractivity contribution in [3.63, 3.8) is 0 Å². The fourth-order valence-electron chi connectivity index (χ4n) is 2.96. The van der Waals surface area contributed by atoms with Gasteiger partial charge in [-0.05, 0) is 52.9 Å². The van der Waals surface area contributed by atoms with Gasteiger partial charge >= 0.3 is 0 Å². The minimum atomic E-state index is 0.988. The van der Waals surface area contributed by atoms with Crippen LogP contribution in [0.3, 0.4) is 0 Å². The monoisotopic (exact) mass is 356 g/mol. The maximum absolute atomic E-state index is 2.20. The Morgan fingerprint density at radius 2 is 0.889 bits per heavy atom. The van der Waals surface area contributed by atoms with Gasteiger partial charge in [0.1, 0.15) is 0 Å². The zero-order valence-corrected chi connectivity index (χ0v) is 16.7. The van der Waals surface area contributed by atoms with Gasteiger partial charge in [0.25, 0.3) is 0 Å². The van der Waals surface area contributed by atoms with Crippen LogP contribution in [-0.4, -0.2) is 28.2 Å². The van der Waals surface area contributed by atoms with Crippen molar-refractivity contribution < 1.29 is 0 Å². The second-order valence-electron chi connectivity index (χ2n) is 7.26. The fraction of sp³-hybridized carbons (Fsp3) is 0.200. The summed E-state index contributed by atoms with van der Waals surface area (Å²) in [4.78, 5) is 4.24. The van der Waals surface area contributed by atoms with Crippen LogP contribution in [-0.2, 0) is 6.42 Å². The van der Waals surface area contributed by atoms with Gasteiger partial charge in [-0.3, -0.25) is 0 Å². The molecule has 2 heteroatoms. The Bertz CT molecular complexity index is 814. The van der Waals surface area contributed by atoms with Crippen LogP contribution in [0, 0.1) is 0 Å². The van der Waals surface area contributed by atoms with Gasteiger partial charge in [-0.15, -0.1) is 0 Å². The average molecular weight is 357 g/mol. The molecule has 0 atom stereocenters. The van der Waals surface area contributed by atoms with Crippen LogP contribution in [0.2, 0.25) is 0 Å². The summed E-state index contributed by atoms with van der Waals surface area (Å²) < 4.78 is 0. The first-order chi connectivity index (χ1) is 13.0. The highest BCUT2D eigenvalue weighted by Crippen LogP contribution is 2.21. The van der Waals surface area contributed by atoms with Crippen LogP contribution in [0.1, 0.15) is 22.3 Å². The number of hydrogen-bond donors (Lipinski definition) is 0. The molecule has 3 aromatic rings. The fourth-order valence-corrected chi connectivity index (χ4v) is 2.96. The molecule has 0 saturated carbocycles. The van der Waals surface area contributed by atoms with Crippen molar-refractivity contribution in [3.05, 3.63) is 95.1 Å². The quantitative estimate of drug-likeness (QED) is 0.471. The average Bonchev–Trinajstić information content (AvgIpc) is 2.64. The molecule has 0 bridgehead atoms. The molecule has 0 spiro atoms. The lowest BCUT2D eigenvalue weighted by Gasteiger charge is -2.14. The summed E-state index contributed by atoms with van der Waals surface area (Å²) in [6, 6.07) is 25.9. The van der Waals surface area contributed by atoms with E-state index in [2.05, 4.69) is 123 Å². The summed E-state index contributed by atoms with van der Waals surface area (Å²) in [7, 11) is 8.26. The third-order valence-corrected chi connectivity index (χ3v) is 4.75. The lowest BCUT2D eigenvalue weighted by molar-refractivity contribution is 1.11. The van der Waals surface area contributed by atoms with Gasteiger partial charge in [0.15, 0.2) is 0 Å². The Hall–Kier alpha value is -3.00. The second-order valence-corrected chi connectivity index (χ2v) is 7.26. The smallest absolute Gasteiger partial charge is 0.0361 e. The molecule has 0 unspecified atom stereocenters. The van der Waals surface area contributed by atoms with Gasteiger partial charge in [0.05, 0.1) is 0 Å². The standard InChI is InChI=1S/C17H22N2.C8H6/c1-18(2)16-9-5-14(6-10-16)13-15-7-11-17(12-8-15)19(3)4;1-2-4-8-6-5-7(8)3-1/h5-12H,13H2,1-4H3;1-6H. The Balaban J connectivity index is 0.000000216. The largest absolute Gasteiger partial charge is 0.378 e. The first kappa shape index (κ1) is 18.8. The number of anilines is 2. The third-order valence-electron chi connectivity index (χ3n) is 4.75. The molecule has 0 amide bonds. The highest BCUT2D eigenvalue weighted by molar-refractivity contribution is 5.85. The number of benzene rings is 3. The predicted octanol–water partition coefficient (Wildman–Crippen LogP) is 5.58. The summed E-state index contributed by atoms with van der Waals surface area (Å²) >= 11 is 0. The van der Waals surface area contributed by atoms with Gasteiger partial charge in [-0.25, -0.2) is 0 Å². The summed E-state index contributed by atoms with van der Waals surface area (Å²) in [6.45, 7) is 0. The molecule has 138 valence electrons. The maximum atomic E-state index is 2.20. The summed E-state index contributed by atoms with van der Waals surface area (Å²) in [5, 5.41) is 0.